The van der Waals surface area contributed by atoms with Crippen molar-refractivity contribution in [1.82, 2.24) is 4.90 Å². The Bertz CT molecular complexity index is 927. The highest BCUT2D eigenvalue weighted by molar-refractivity contribution is 8.18. The Balaban J connectivity index is 1.83. The second-order valence-electron chi connectivity index (χ2n) is 5.75. The van der Waals surface area contributed by atoms with E-state index in [4.69, 9.17) is 27.9 Å². The Labute approximate surface area is 165 Å². The number of nitrogens with zero attached hydrogens (tertiary/aromatic N) is 1. The third kappa shape index (κ3) is 3.90. The van der Waals surface area contributed by atoms with E-state index in [0.29, 0.717) is 15.0 Å². The summed E-state index contributed by atoms with van der Waals surface area (Å²) >= 11 is 12.8. The molecule has 26 heavy (non-hydrogen) atoms. The third-order valence-corrected chi connectivity index (χ3v) is 5.57. The van der Waals surface area contributed by atoms with E-state index in [1.54, 1.807) is 31.4 Å². The van der Waals surface area contributed by atoms with Crippen LogP contribution in [0.1, 0.15) is 16.7 Å². The molecule has 4 nitrogen and oxygen atoms in total. The van der Waals surface area contributed by atoms with Crippen LogP contribution in [-0.2, 0) is 11.3 Å². The normalized spacial score (nSPS) is 15.8. The van der Waals surface area contributed by atoms with Crippen LogP contribution >= 0.6 is 35.0 Å². The largest absolute Gasteiger partial charge is 0.496 e. The van der Waals surface area contributed by atoms with Gasteiger partial charge in [-0.3, -0.25) is 14.5 Å². The first kappa shape index (κ1) is 18.8. The highest BCUT2D eigenvalue weighted by Crippen LogP contribution is 2.34. The molecule has 2 amide bonds. The SMILES string of the molecule is COc1cc(/C=C2\SC(=O)N(Cc3ccc(Cl)c(Cl)c3)C2=O)ccc1C. The van der Waals surface area contributed by atoms with Crippen molar-refractivity contribution in [3.8, 4) is 5.75 Å². The molecule has 0 atom stereocenters. The summed E-state index contributed by atoms with van der Waals surface area (Å²) in [5, 5.41) is 0.502. The average molecular weight is 408 g/mol. The van der Waals surface area contributed by atoms with Crippen molar-refractivity contribution in [2.24, 2.45) is 0 Å². The van der Waals surface area contributed by atoms with Crippen molar-refractivity contribution >= 4 is 52.2 Å². The van der Waals surface area contributed by atoms with Gasteiger partial charge in [-0.1, -0.05) is 41.4 Å². The molecular weight excluding hydrogens is 393 g/mol. The molecule has 0 aliphatic carbocycles. The van der Waals surface area contributed by atoms with Crippen LogP contribution in [0.4, 0.5) is 4.79 Å². The number of hydrogen-bond donors (Lipinski definition) is 0. The summed E-state index contributed by atoms with van der Waals surface area (Å²) in [6, 6.07) is 10.7. The summed E-state index contributed by atoms with van der Waals surface area (Å²) in [4.78, 5) is 26.5. The first-order valence-electron chi connectivity index (χ1n) is 7.73. The van der Waals surface area contributed by atoms with Crippen molar-refractivity contribution in [2.75, 3.05) is 7.11 Å². The highest BCUT2D eigenvalue weighted by atomic mass is 35.5. The van der Waals surface area contributed by atoms with Crippen LogP contribution < -0.4 is 4.74 Å². The maximum absolute atomic E-state index is 12.6. The number of hydrogen-bond acceptors (Lipinski definition) is 4. The molecule has 0 bridgehead atoms. The Morgan fingerprint density at radius 1 is 1.12 bits per heavy atom. The Morgan fingerprint density at radius 2 is 1.88 bits per heavy atom. The number of rotatable bonds is 4. The molecule has 2 aromatic carbocycles. The molecule has 0 N–H and O–H groups in total. The zero-order valence-corrected chi connectivity index (χ0v) is 16.4. The number of carbonyl (C=O) groups excluding carboxylic acids is 2. The molecule has 1 saturated heterocycles. The predicted molar refractivity (Wildman–Crippen MR) is 106 cm³/mol. The number of methoxy groups -OCH3 is 1. The molecule has 1 fully saturated rings. The van der Waals surface area contributed by atoms with Gasteiger partial charge in [-0.2, -0.15) is 0 Å². The van der Waals surface area contributed by atoms with Gasteiger partial charge in [0, 0.05) is 0 Å². The second kappa shape index (κ2) is 7.74. The van der Waals surface area contributed by atoms with Crippen LogP contribution in [0.2, 0.25) is 10.0 Å². The fourth-order valence-corrected chi connectivity index (χ4v) is 3.69. The standard InChI is InChI=1S/C19H15Cl2NO3S/c1-11-3-4-12(8-16(11)25-2)9-17-18(23)22(19(24)26-17)10-13-5-6-14(20)15(21)7-13/h3-9H,10H2,1-2H3/b17-9-. The molecule has 0 radical (unpaired) electrons. The van der Waals surface area contributed by atoms with Crippen LogP contribution in [0.15, 0.2) is 41.3 Å². The van der Waals surface area contributed by atoms with Crippen LogP contribution in [0.5, 0.6) is 5.75 Å². The number of ether oxygens (including phenoxy) is 1. The number of carbonyl (C=O) groups is 2. The van der Waals surface area contributed by atoms with Gasteiger partial charge in [0.15, 0.2) is 0 Å². The Kier molecular flexibility index (Phi) is 5.61. The topological polar surface area (TPSA) is 46.6 Å². The van der Waals surface area contributed by atoms with E-state index in [-0.39, 0.29) is 17.7 Å². The van der Waals surface area contributed by atoms with Crippen molar-refractivity contribution in [3.63, 3.8) is 0 Å². The smallest absolute Gasteiger partial charge is 0.293 e. The first-order chi connectivity index (χ1) is 12.4. The van der Waals surface area contributed by atoms with Gasteiger partial charge in [0.1, 0.15) is 5.75 Å². The van der Waals surface area contributed by atoms with Crippen LogP contribution in [0, 0.1) is 6.92 Å². The van der Waals surface area contributed by atoms with Crippen LogP contribution in [-0.4, -0.2) is 23.2 Å². The monoisotopic (exact) mass is 407 g/mol. The molecule has 1 aliphatic heterocycles. The molecule has 0 aromatic heterocycles. The van der Waals surface area contributed by atoms with E-state index < -0.39 is 0 Å². The van der Waals surface area contributed by atoms with Crippen LogP contribution in [0.3, 0.4) is 0 Å². The number of benzene rings is 2. The zero-order valence-electron chi connectivity index (χ0n) is 14.1. The van der Waals surface area contributed by atoms with E-state index in [0.717, 1.165) is 34.2 Å². The molecule has 3 rings (SSSR count). The molecule has 1 aliphatic rings. The van der Waals surface area contributed by atoms with E-state index in [1.165, 1.54) is 4.90 Å². The Hall–Kier alpha value is -1.95. The predicted octanol–water partition coefficient (Wildman–Crippen LogP) is 5.55. The van der Waals surface area contributed by atoms with Gasteiger partial charge < -0.3 is 4.74 Å². The molecule has 0 spiro atoms. The molecule has 7 heteroatoms. The summed E-state index contributed by atoms with van der Waals surface area (Å²) in [6.45, 7) is 2.09. The van der Waals surface area contributed by atoms with E-state index >= 15 is 0 Å². The minimum Gasteiger partial charge on any atom is -0.496 e. The van der Waals surface area contributed by atoms with Crippen LogP contribution in [0.25, 0.3) is 6.08 Å². The van der Waals surface area contributed by atoms with Gasteiger partial charge >= 0.3 is 0 Å². The third-order valence-electron chi connectivity index (χ3n) is 3.93. The van der Waals surface area contributed by atoms with Crippen molar-refractivity contribution in [2.45, 2.75) is 13.5 Å². The molecule has 0 unspecified atom stereocenters. The molecule has 134 valence electrons. The maximum Gasteiger partial charge on any atom is 0.293 e. The lowest BCUT2D eigenvalue weighted by Gasteiger charge is -2.13. The molecule has 0 saturated carbocycles. The minimum absolute atomic E-state index is 0.149. The summed E-state index contributed by atoms with van der Waals surface area (Å²) in [5.41, 5.74) is 2.53. The lowest BCUT2D eigenvalue weighted by atomic mass is 10.1. The second-order valence-corrected chi connectivity index (χ2v) is 7.55. The zero-order chi connectivity index (χ0) is 18.8. The van der Waals surface area contributed by atoms with E-state index in [1.807, 2.05) is 25.1 Å². The maximum atomic E-state index is 12.6. The van der Waals surface area contributed by atoms with Gasteiger partial charge in [0.05, 0.1) is 28.6 Å². The van der Waals surface area contributed by atoms with E-state index in [2.05, 4.69) is 0 Å². The number of halogens is 2. The first-order valence-corrected chi connectivity index (χ1v) is 9.30. The van der Waals surface area contributed by atoms with Crippen molar-refractivity contribution in [3.05, 3.63) is 68.0 Å². The fraction of sp³-hybridized carbons (Fsp3) is 0.158. The van der Waals surface area contributed by atoms with Gasteiger partial charge in [-0.05, 0) is 59.7 Å². The summed E-state index contributed by atoms with van der Waals surface area (Å²) in [5.74, 6) is 0.402. The van der Waals surface area contributed by atoms with E-state index in [9.17, 15) is 9.59 Å². The summed E-state index contributed by atoms with van der Waals surface area (Å²) in [7, 11) is 1.59. The molecular formula is C19H15Cl2NO3S. The number of imide groups is 1. The summed E-state index contributed by atoms with van der Waals surface area (Å²) < 4.78 is 5.30. The van der Waals surface area contributed by atoms with Crippen molar-refractivity contribution < 1.29 is 14.3 Å². The lowest BCUT2D eigenvalue weighted by molar-refractivity contribution is -0.123. The lowest BCUT2D eigenvalue weighted by Crippen LogP contribution is -2.27. The number of amides is 2. The van der Waals surface area contributed by atoms with Gasteiger partial charge in [-0.25, -0.2) is 0 Å². The average Bonchev–Trinajstić information content (AvgIpc) is 2.87. The van der Waals surface area contributed by atoms with Crippen molar-refractivity contribution in [1.29, 1.82) is 0 Å². The number of aryl methyl sites for hydroxylation is 1. The number of thioether (sulfide) groups is 1. The molecule has 1 heterocycles. The highest BCUT2D eigenvalue weighted by Gasteiger charge is 2.35. The minimum atomic E-state index is -0.328. The Morgan fingerprint density at radius 3 is 2.58 bits per heavy atom. The quantitative estimate of drug-likeness (QED) is 0.623. The molecule has 2 aromatic rings. The fourth-order valence-electron chi connectivity index (χ4n) is 2.53. The van der Waals surface area contributed by atoms with Gasteiger partial charge in [0.25, 0.3) is 11.1 Å². The van der Waals surface area contributed by atoms with Gasteiger partial charge in [-0.15, -0.1) is 0 Å². The summed E-state index contributed by atoms with van der Waals surface area (Å²) in [6.07, 6.45) is 1.70. The van der Waals surface area contributed by atoms with Gasteiger partial charge in [0.2, 0.25) is 0 Å².